The Kier molecular flexibility index (Phi) is 6.67. The van der Waals surface area contributed by atoms with Crippen LogP contribution in [-0.2, 0) is 11.2 Å². The van der Waals surface area contributed by atoms with E-state index in [4.69, 9.17) is 9.47 Å². The minimum atomic E-state index is -0.611. The highest BCUT2D eigenvalue weighted by Gasteiger charge is 2.17. The summed E-state index contributed by atoms with van der Waals surface area (Å²) in [4.78, 5) is 25.5. The van der Waals surface area contributed by atoms with Crippen LogP contribution in [-0.4, -0.2) is 25.2 Å². The van der Waals surface area contributed by atoms with Crippen molar-refractivity contribution >= 4 is 23.6 Å². The molecule has 4 rings (SSSR count). The highest BCUT2D eigenvalue weighted by atomic mass is 16.7. The number of nitriles is 1. The van der Waals surface area contributed by atoms with E-state index in [-0.39, 0.29) is 18.3 Å². The van der Waals surface area contributed by atoms with E-state index in [0.717, 1.165) is 5.56 Å². The van der Waals surface area contributed by atoms with Crippen LogP contribution in [0.25, 0.3) is 6.08 Å². The fourth-order valence-corrected chi connectivity index (χ4v) is 3.36. The van der Waals surface area contributed by atoms with Crippen molar-refractivity contribution in [2.45, 2.75) is 6.42 Å². The van der Waals surface area contributed by atoms with Crippen LogP contribution in [0.1, 0.15) is 21.5 Å². The Morgan fingerprint density at radius 1 is 0.970 bits per heavy atom. The Morgan fingerprint density at radius 2 is 1.73 bits per heavy atom. The Labute approximate surface area is 191 Å². The minimum absolute atomic E-state index is 0.104. The van der Waals surface area contributed by atoms with Crippen LogP contribution in [0.5, 0.6) is 11.5 Å². The highest BCUT2D eigenvalue weighted by molar-refractivity contribution is 6.12. The van der Waals surface area contributed by atoms with Crippen LogP contribution < -0.4 is 20.1 Å². The van der Waals surface area contributed by atoms with Gasteiger partial charge >= 0.3 is 0 Å². The monoisotopic (exact) mass is 439 g/mol. The van der Waals surface area contributed by atoms with Crippen molar-refractivity contribution in [1.29, 1.82) is 5.26 Å². The molecule has 164 valence electrons. The number of nitrogens with one attached hydrogen (secondary N) is 2. The first-order valence-electron chi connectivity index (χ1n) is 10.4. The number of para-hydroxylation sites is 1. The van der Waals surface area contributed by atoms with E-state index < -0.39 is 5.91 Å². The van der Waals surface area contributed by atoms with E-state index in [9.17, 15) is 14.9 Å². The van der Waals surface area contributed by atoms with Crippen LogP contribution in [0, 0.1) is 11.3 Å². The van der Waals surface area contributed by atoms with Gasteiger partial charge in [-0.2, -0.15) is 5.26 Å². The second kappa shape index (κ2) is 10.2. The first kappa shape index (κ1) is 21.7. The summed E-state index contributed by atoms with van der Waals surface area (Å²) in [5.41, 5.74) is 2.28. The molecular weight excluding hydrogens is 418 g/mol. The summed E-state index contributed by atoms with van der Waals surface area (Å²) in [7, 11) is 0. The maximum atomic E-state index is 12.8. The number of anilines is 1. The Balaban J connectivity index is 1.44. The van der Waals surface area contributed by atoms with Crippen LogP contribution in [0.15, 0.2) is 78.4 Å². The summed E-state index contributed by atoms with van der Waals surface area (Å²) in [5.74, 6) is 0.251. The standard InChI is InChI=1S/C26H21N3O4/c27-16-20(14-19-10-11-23-24(15-19)33-17-32-23)25(30)29-22-9-5-4-8-21(22)26(31)28-13-12-18-6-2-1-3-7-18/h1-11,14-15H,12-13,17H2,(H,28,31)(H,29,30)/b20-14-. The fraction of sp³-hybridized carbons (Fsp3) is 0.115. The summed E-state index contributed by atoms with van der Waals surface area (Å²) in [5, 5.41) is 15.1. The average molecular weight is 439 g/mol. The molecule has 2 amide bonds. The molecule has 0 saturated heterocycles. The third-order valence-electron chi connectivity index (χ3n) is 5.03. The zero-order valence-electron chi connectivity index (χ0n) is 17.7. The smallest absolute Gasteiger partial charge is 0.266 e. The summed E-state index contributed by atoms with van der Waals surface area (Å²) >= 11 is 0. The highest BCUT2D eigenvalue weighted by Crippen LogP contribution is 2.33. The summed E-state index contributed by atoms with van der Waals surface area (Å²) < 4.78 is 10.6. The number of hydrogen-bond donors (Lipinski definition) is 2. The molecule has 0 fully saturated rings. The van der Waals surface area contributed by atoms with Gasteiger partial charge in [0.05, 0.1) is 11.3 Å². The molecule has 3 aromatic rings. The van der Waals surface area contributed by atoms with Gasteiger partial charge in [0.2, 0.25) is 6.79 Å². The molecule has 0 atom stereocenters. The lowest BCUT2D eigenvalue weighted by molar-refractivity contribution is -0.112. The van der Waals surface area contributed by atoms with Gasteiger partial charge in [-0.1, -0.05) is 48.5 Å². The molecule has 2 N–H and O–H groups in total. The molecule has 0 bridgehead atoms. The SMILES string of the molecule is N#C/C(=C/c1ccc2c(c1)OCO2)C(=O)Nc1ccccc1C(=O)NCCc1ccccc1. The number of fused-ring (bicyclic) bond motifs is 1. The normalized spacial score (nSPS) is 12.0. The van der Waals surface area contributed by atoms with Gasteiger partial charge in [0, 0.05) is 6.54 Å². The summed E-state index contributed by atoms with van der Waals surface area (Å²) in [6.45, 7) is 0.594. The van der Waals surface area contributed by atoms with Crippen molar-refractivity contribution in [3.8, 4) is 17.6 Å². The quantitative estimate of drug-likeness (QED) is 0.429. The molecule has 1 aliphatic heterocycles. The molecular formula is C26H21N3O4. The van der Waals surface area contributed by atoms with E-state index in [2.05, 4.69) is 10.6 Å². The van der Waals surface area contributed by atoms with Crippen molar-refractivity contribution < 1.29 is 19.1 Å². The predicted molar refractivity (Wildman–Crippen MR) is 124 cm³/mol. The number of ether oxygens (including phenoxy) is 2. The lowest BCUT2D eigenvalue weighted by atomic mass is 10.1. The van der Waals surface area contributed by atoms with E-state index in [1.807, 2.05) is 36.4 Å². The van der Waals surface area contributed by atoms with Gasteiger partial charge in [-0.25, -0.2) is 0 Å². The first-order chi connectivity index (χ1) is 16.1. The zero-order chi connectivity index (χ0) is 23.0. The van der Waals surface area contributed by atoms with Gasteiger partial charge in [-0.15, -0.1) is 0 Å². The first-order valence-corrected chi connectivity index (χ1v) is 10.4. The van der Waals surface area contributed by atoms with Crippen molar-refractivity contribution in [3.05, 3.63) is 95.1 Å². The molecule has 0 aliphatic carbocycles. The van der Waals surface area contributed by atoms with E-state index in [1.54, 1.807) is 42.5 Å². The number of amides is 2. The largest absolute Gasteiger partial charge is 0.454 e. The van der Waals surface area contributed by atoms with Crippen LogP contribution in [0.4, 0.5) is 5.69 Å². The van der Waals surface area contributed by atoms with Gasteiger partial charge in [0.1, 0.15) is 11.6 Å². The molecule has 0 radical (unpaired) electrons. The summed E-state index contributed by atoms with van der Waals surface area (Å²) in [6, 6.07) is 23.6. The minimum Gasteiger partial charge on any atom is -0.454 e. The second-order valence-corrected chi connectivity index (χ2v) is 7.27. The molecule has 7 heteroatoms. The molecule has 1 heterocycles. The Hall–Kier alpha value is -4.57. The predicted octanol–water partition coefficient (Wildman–Crippen LogP) is 3.93. The Morgan fingerprint density at radius 3 is 2.55 bits per heavy atom. The van der Waals surface area contributed by atoms with E-state index in [1.165, 1.54) is 6.08 Å². The van der Waals surface area contributed by atoms with Crippen molar-refractivity contribution in [1.82, 2.24) is 5.32 Å². The Bertz CT molecular complexity index is 1250. The van der Waals surface area contributed by atoms with Gasteiger partial charge in [-0.3, -0.25) is 9.59 Å². The third-order valence-corrected chi connectivity index (χ3v) is 5.03. The number of benzene rings is 3. The number of rotatable bonds is 7. The van der Waals surface area contributed by atoms with Gasteiger partial charge < -0.3 is 20.1 Å². The maximum absolute atomic E-state index is 12.8. The fourth-order valence-electron chi connectivity index (χ4n) is 3.36. The topological polar surface area (TPSA) is 100 Å². The second-order valence-electron chi connectivity index (χ2n) is 7.27. The van der Waals surface area contributed by atoms with Crippen molar-refractivity contribution in [2.24, 2.45) is 0 Å². The average Bonchev–Trinajstić information content (AvgIpc) is 3.31. The van der Waals surface area contributed by atoms with E-state index in [0.29, 0.717) is 41.3 Å². The molecule has 3 aromatic carbocycles. The lowest BCUT2D eigenvalue weighted by Gasteiger charge is -2.11. The third kappa shape index (κ3) is 5.38. The van der Waals surface area contributed by atoms with Gasteiger partial charge in [0.25, 0.3) is 11.8 Å². The number of carbonyl (C=O) groups is 2. The molecule has 33 heavy (non-hydrogen) atoms. The van der Waals surface area contributed by atoms with Crippen LogP contribution in [0.3, 0.4) is 0 Å². The molecule has 0 saturated carbocycles. The van der Waals surface area contributed by atoms with Crippen molar-refractivity contribution in [3.63, 3.8) is 0 Å². The number of hydrogen-bond acceptors (Lipinski definition) is 5. The number of carbonyl (C=O) groups excluding carboxylic acids is 2. The van der Waals surface area contributed by atoms with E-state index >= 15 is 0 Å². The molecule has 0 unspecified atom stereocenters. The molecule has 0 aromatic heterocycles. The molecule has 7 nitrogen and oxygen atoms in total. The maximum Gasteiger partial charge on any atom is 0.266 e. The lowest BCUT2D eigenvalue weighted by Crippen LogP contribution is -2.27. The van der Waals surface area contributed by atoms with Crippen LogP contribution >= 0.6 is 0 Å². The van der Waals surface area contributed by atoms with Gasteiger partial charge in [0.15, 0.2) is 11.5 Å². The summed E-state index contributed by atoms with van der Waals surface area (Å²) in [6.07, 6.45) is 2.15. The van der Waals surface area contributed by atoms with Crippen LogP contribution in [0.2, 0.25) is 0 Å². The molecule has 1 aliphatic rings. The zero-order valence-corrected chi connectivity index (χ0v) is 17.7. The van der Waals surface area contributed by atoms with Gasteiger partial charge in [-0.05, 0) is 47.9 Å². The number of nitrogens with zero attached hydrogens (tertiary/aromatic N) is 1. The van der Waals surface area contributed by atoms with Crippen molar-refractivity contribution in [2.75, 3.05) is 18.7 Å². The molecule has 0 spiro atoms.